The van der Waals surface area contributed by atoms with Crippen LogP contribution in [0.5, 0.6) is 0 Å². The van der Waals surface area contributed by atoms with Gasteiger partial charge >= 0.3 is 0 Å². The van der Waals surface area contributed by atoms with E-state index in [-0.39, 0.29) is 18.3 Å². The average Bonchev–Trinajstić information content (AvgIpc) is 2.93. The van der Waals surface area contributed by atoms with Crippen molar-refractivity contribution in [1.29, 1.82) is 0 Å². The number of hydrogen-bond donors (Lipinski definition) is 1. The summed E-state index contributed by atoms with van der Waals surface area (Å²) in [5.74, 6) is 0.555. The highest BCUT2D eigenvalue weighted by molar-refractivity contribution is 7.99. The third-order valence-electron chi connectivity index (χ3n) is 3.84. The summed E-state index contributed by atoms with van der Waals surface area (Å²) in [5.41, 5.74) is 2.13. The van der Waals surface area contributed by atoms with E-state index in [4.69, 9.17) is 0 Å². The molecule has 0 atom stereocenters. The Labute approximate surface area is 150 Å². The van der Waals surface area contributed by atoms with Crippen LogP contribution in [0.2, 0.25) is 0 Å². The monoisotopic (exact) mass is 357 g/mol. The molecule has 1 aromatic carbocycles. The van der Waals surface area contributed by atoms with Crippen molar-refractivity contribution in [2.45, 2.75) is 42.8 Å². The van der Waals surface area contributed by atoms with E-state index in [0.29, 0.717) is 12.4 Å². The van der Waals surface area contributed by atoms with Crippen molar-refractivity contribution in [2.75, 3.05) is 0 Å². The molecule has 1 N–H and O–H groups in total. The molecule has 0 aliphatic heterocycles. The van der Waals surface area contributed by atoms with Crippen LogP contribution in [0.15, 0.2) is 58.7 Å². The number of rotatable bonds is 6. The van der Waals surface area contributed by atoms with Crippen LogP contribution in [-0.2, 0) is 13.2 Å². The maximum Gasteiger partial charge on any atom is 0.136 e. The molecule has 0 aliphatic rings. The topological polar surface area (TPSA) is 50.9 Å². The first-order valence-electron chi connectivity index (χ1n) is 8.11. The summed E-state index contributed by atoms with van der Waals surface area (Å²) in [4.78, 5) is 9.44. The standard InChI is InChI=1S/C19H20FN3OS/c1-13(2)18-19(25-16-5-3-4-15(20)10-16)22-17(12-24)23(18)11-14-6-8-21-9-7-14/h3-10,13,24H,11-12H2,1-2H3. The number of aliphatic hydroxyl groups excluding tert-OH is 1. The van der Waals surface area contributed by atoms with Gasteiger partial charge in [0.25, 0.3) is 0 Å². The molecule has 0 saturated heterocycles. The number of aromatic nitrogens is 3. The number of hydrogen-bond acceptors (Lipinski definition) is 4. The molecule has 6 heteroatoms. The Kier molecular flexibility index (Phi) is 5.50. The van der Waals surface area contributed by atoms with Crippen molar-refractivity contribution in [3.63, 3.8) is 0 Å². The van der Waals surface area contributed by atoms with E-state index in [1.54, 1.807) is 18.5 Å². The summed E-state index contributed by atoms with van der Waals surface area (Å²) in [6.45, 7) is 4.66. The van der Waals surface area contributed by atoms with Gasteiger partial charge in [-0.2, -0.15) is 0 Å². The van der Waals surface area contributed by atoms with Crippen LogP contribution in [0, 0.1) is 5.82 Å². The fraction of sp³-hybridized carbons (Fsp3) is 0.263. The molecular weight excluding hydrogens is 337 g/mol. The van der Waals surface area contributed by atoms with Crippen LogP contribution < -0.4 is 0 Å². The fourth-order valence-corrected chi connectivity index (χ4v) is 3.88. The van der Waals surface area contributed by atoms with Gasteiger partial charge in [-0.1, -0.05) is 31.7 Å². The van der Waals surface area contributed by atoms with E-state index in [1.807, 2.05) is 22.8 Å². The van der Waals surface area contributed by atoms with Gasteiger partial charge in [0, 0.05) is 23.8 Å². The molecule has 0 fully saturated rings. The molecule has 25 heavy (non-hydrogen) atoms. The lowest BCUT2D eigenvalue weighted by Crippen LogP contribution is -2.10. The number of imidazole rings is 1. The number of halogens is 1. The molecule has 0 radical (unpaired) electrons. The second-order valence-electron chi connectivity index (χ2n) is 6.03. The summed E-state index contributed by atoms with van der Waals surface area (Å²) in [6.07, 6.45) is 3.50. The fourth-order valence-electron chi connectivity index (χ4n) is 2.73. The quantitative estimate of drug-likeness (QED) is 0.717. The molecule has 0 spiro atoms. The van der Waals surface area contributed by atoms with E-state index in [1.165, 1.54) is 23.9 Å². The minimum Gasteiger partial charge on any atom is -0.388 e. The second kappa shape index (κ2) is 7.80. The van der Waals surface area contributed by atoms with Crippen molar-refractivity contribution in [3.05, 3.63) is 71.7 Å². The normalized spacial score (nSPS) is 11.2. The van der Waals surface area contributed by atoms with Gasteiger partial charge in [0.2, 0.25) is 0 Å². The van der Waals surface area contributed by atoms with Crippen LogP contribution >= 0.6 is 11.8 Å². The van der Waals surface area contributed by atoms with Crippen molar-refractivity contribution in [1.82, 2.24) is 14.5 Å². The molecule has 130 valence electrons. The Morgan fingerprint density at radius 3 is 2.60 bits per heavy atom. The first kappa shape index (κ1) is 17.6. The smallest absolute Gasteiger partial charge is 0.136 e. The van der Waals surface area contributed by atoms with Crippen molar-refractivity contribution >= 4 is 11.8 Å². The lowest BCUT2D eigenvalue weighted by Gasteiger charge is -2.14. The maximum absolute atomic E-state index is 13.5. The second-order valence-corrected chi connectivity index (χ2v) is 7.09. The molecule has 0 unspecified atom stereocenters. The van der Waals surface area contributed by atoms with Gasteiger partial charge in [0.15, 0.2) is 0 Å². The Bertz CT molecular complexity index is 849. The largest absolute Gasteiger partial charge is 0.388 e. The predicted molar refractivity (Wildman–Crippen MR) is 96.1 cm³/mol. The van der Waals surface area contributed by atoms with Crippen molar-refractivity contribution < 1.29 is 9.50 Å². The van der Waals surface area contributed by atoms with Crippen LogP contribution in [-0.4, -0.2) is 19.6 Å². The predicted octanol–water partition coefficient (Wildman–Crippen LogP) is 4.23. The minimum atomic E-state index is -0.269. The van der Waals surface area contributed by atoms with Gasteiger partial charge in [-0.05, 0) is 41.8 Å². The Balaban J connectivity index is 2.01. The molecular formula is C19H20FN3OS. The number of aliphatic hydroxyl groups is 1. The van der Waals surface area contributed by atoms with Gasteiger partial charge in [-0.15, -0.1) is 0 Å². The molecule has 3 rings (SSSR count). The highest BCUT2D eigenvalue weighted by Crippen LogP contribution is 2.35. The highest BCUT2D eigenvalue weighted by Gasteiger charge is 2.20. The van der Waals surface area contributed by atoms with Crippen molar-refractivity contribution in [3.8, 4) is 0 Å². The molecule has 4 nitrogen and oxygen atoms in total. The zero-order valence-corrected chi connectivity index (χ0v) is 15.0. The van der Waals surface area contributed by atoms with E-state index in [9.17, 15) is 9.50 Å². The molecule has 0 aliphatic carbocycles. The Morgan fingerprint density at radius 1 is 1.20 bits per heavy atom. The summed E-state index contributed by atoms with van der Waals surface area (Å²) >= 11 is 1.42. The van der Waals surface area contributed by atoms with Crippen molar-refractivity contribution in [2.24, 2.45) is 0 Å². The summed E-state index contributed by atoms with van der Waals surface area (Å²) in [7, 11) is 0. The van der Waals surface area contributed by atoms with Crippen LogP contribution in [0.1, 0.15) is 36.8 Å². The summed E-state index contributed by atoms with van der Waals surface area (Å²) in [6, 6.07) is 10.4. The molecule has 0 amide bonds. The van der Waals surface area contributed by atoms with Gasteiger partial charge in [-0.25, -0.2) is 9.37 Å². The maximum atomic E-state index is 13.5. The first-order valence-corrected chi connectivity index (χ1v) is 8.92. The van der Waals surface area contributed by atoms with Gasteiger partial charge in [0.05, 0.1) is 5.69 Å². The van der Waals surface area contributed by atoms with E-state index in [0.717, 1.165) is 21.2 Å². The van der Waals surface area contributed by atoms with E-state index in [2.05, 4.69) is 23.8 Å². The zero-order chi connectivity index (χ0) is 17.8. The van der Waals surface area contributed by atoms with Crippen LogP contribution in [0.3, 0.4) is 0 Å². The minimum absolute atomic E-state index is 0.144. The third-order valence-corrected chi connectivity index (χ3v) is 4.82. The lowest BCUT2D eigenvalue weighted by atomic mass is 10.1. The number of benzene rings is 1. The van der Waals surface area contributed by atoms with Gasteiger partial charge in [0.1, 0.15) is 23.3 Å². The lowest BCUT2D eigenvalue weighted by molar-refractivity contribution is 0.265. The number of pyridine rings is 1. The highest BCUT2D eigenvalue weighted by atomic mass is 32.2. The molecule has 2 aromatic heterocycles. The van der Waals surface area contributed by atoms with Crippen LogP contribution in [0.4, 0.5) is 4.39 Å². The molecule has 0 bridgehead atoms. The molecule has 2 heterocycles. The summed E-state index contributed by atoms with van der Waals surface area (Å²) in [5, 5.41) is 10.6. The van der Waals surface area contributed by atoms with Gasteiger partial charge in [-0.3, -0.25) is 4.98 Å². The Hall–Kier alpha value is -2.18. The SMILES string of the molecule is CC(C)c1c(Sc2cccc(F)c2)nc(CO)n1Cc1ccncc1. The van der Waals surface area contributed by atoms with E-state index >= 15 is 0 Å². The molecule has 0 saturated carbocycles. The summed E-state index contributed by atoms with van der Waals surface area (Å²) < 4.78 is 15.5. The van der Waals surface area contributed by atoms with E-state index < -0.39 is 0 Å². The average molecular weight is 357 g/mol. The van der Waals surface area contributed by atoms with Crippen LogP contribution in [0.25, 0.3) is 0 Å². The molecule has 3 aromatic rings. The Morgan fingerprint density at radius 2 is 1.96 bits per heavy atom. The zero-order valence-electron chi connectivity index (χ0n) is 14.2. The number of nitrogens with zero attached hydrogens (tertiary/aromatic N) is 3. The van der Waals surface area contributed by atoms with Gasteiger partial charge < -0.3 is 9.67 Å². The third kappa shape index (κ3) is 4.08. The first-order chi connectivity index (χ1) is 12.1.